The summed E-state index contributed by atoms with van der Waals surface area (Å²) >= 11 is 0. The number of halogens is 2. The van der Waals surface area contributed by atoms with Gasteiger partial charge in [0, 0.05) is 23.8 Å². The average molecular weight is 470 g/mol. The van der Waals surface area contributed by atoms with E-state index in [9.17, 15) is 8.78 Å². The number of rotatable bonds is 9. The maximum absolute atomic E-state index is 14.6. The molecule has 4 rings (SSSR count). The monoisotopic (exact) mass is 469 g/mol. The second-order valence-electron chi connectivity index (χ2n) is 8.21. The van der Waals surface area contributed by atoms with Gasteiger partial charge in [-0.3, -0.25) is 0 Å². The van der Waals surface area contributed by atoms with Gasteiger partial charge in [0.25, 0.3) is 0 Å². The number of anilines is 4. The van der Waals surface area contributed by atoms with Crippen LogP contribution in [0.25, 0.3) is 0 Å². The van der Waals surface area contributed by atoms with Crippen molar-refractivity contribution in [3.63, 3.8) is 0 Å². The molecule has 0 bridgehead atoms. The minimum absolute atomic E-state index is 0.0415. The van der Waals surface area contributed by atoms with Gasteiger partial charge in [0.1, 0.15) is 5.82 Å². The lowest BCUT2D eigenvalue weighted by Gasteiger charge is -2.26. The third kappa shape index (κ3) is 5.51. The van der Waals surface area contributed by atoms with Crippen molar-refractivity contribution in [2.45, 2.75) is 44.8 Å². The number of aromatic nitrogens is 3. The molecule has 1 saturated heterocycles. The van der Waals surface area contributed by atoms with E-state index in [0.29, 0.717) is 17.7 Å². The lowest BCUT2D eigenvalue weighted by molar-refractivity contribution is 0.386. The summed E-state index contributed by atoms with van der Waals surface area (Å²) in [6.45, 7) is 3.35. The van der Waals surface area contributed by atoms with Gasteiger partial charge in [0.05, 0.1) is 13.7 Å². The predicted octanol–water partition coefficient (Wildman–Crippen LogP) is 4.02. The molecule has 1 aliphatic heterocycles. The molecule has 1 aromatic heterocycles. The van der Waals surface area contributed by atoms with Crippen molar-refractivity contribution in [3.05, 3.63) is 59.7 Å². The lowest BCUT2D eigenvalue weighted by atomic mass is 10.0. The van der Waals surface area contributed by atoms with Crippen LogP contribution in [-0.2, 0) is 6.54 Å². The Morgan fingerprint density at radius 1 is 1.18 bits per heavy atom. The molecule has 0 saturated carbocycles. The van der Waals surface area contributed by atoms with Crippen molar-refractivity contribution in [1.82, 2.24) is 20.3 Å². The topological polar surface area (TPSA) is 101 Å². The van der Waals surface area contributed by atoms with E-state index in [1.165, 1.54) is 31.4 Å². The molecule has 2 atom stereocenters. The molecular formula is C24H29F2N7O. The van der Waals surface area contributed by atoms with Gasteiger partial charge in [-0.1, -0.05) is 19.1 Å². The predicted molar refractivity (Wildman–Crippen MR) is 128 cm³/mol. The molecule has 34 heavy (non-hydrogen) atoms. The van der Waals surface area contributed by atoms with E-state index in [2.05, 4.69) is 32.5 Å². The SMILES string of the molecule is CCC(Nc1nc(N)nc(N(Cc2ccc(F)cc2)c2ccc(OC)c(F)c2)n1)C1CCCN1. The van der Waals surface area contributed by atoms with Crippen LogP contribution >= 0.6 is 0 Å². The highest BCUT2D eigenvalue weighted by Crippen LogP contribution is 2.30. The molecule has 4 N–H and O–H groups in total. The highest BCUT2D eigenvalue weighted by Gasteiger charge is 2.25. The van der Waals surface area contributed by atoms with Crippen LogP contribution in [0.2, 0.25) is 0 Å². The Morgan fingerprint density at radius 2 is 1.97 bits per heavy atom. The molecule has 0 amide bonds. The zero-order valence-corrected chi connectivity index (χ0v) is 19.3. The summed E-state index contributed by atoms with van der Waals surface area (Å²) in [5, 5.41) is 6.88. The lowest BCUT2D eigenvalue weighted by Crippen LogP contribution is -2.40. The van der Waals surface area contributed by atoms with Crippen LogP contribution in [0.15, 0.2) is 42.5 Å². The summed E-state index contributed by atoms with van der Waals surface area (Å²) in [6.07, 6.45) is 3.07. The average Bonchev–Trinajstić information content (AvgIpc) is 3.36. The Labute approximate surface area is 197 Å². The number of nitrogen functional groups attached to an aromatic ring is 1. The maximum Gasteiger partial charge on any atom is 0.236 e. The zero-order valence-electron chi connectivity index (χ0n) is 19.3. The van der Waals surface area contributed by atoms with Gasteiger partial charge in [-0.05, 0) is 55.6 Å². The first kappa shape index (κ1) is 23.6. The van der Waals surface area contributed by atoms with E-state index >= 15 is 0 Å². The van der Waals surface area contributed by atoms with E-state index < -0.39 is 5.82 Å². The Balaban J connectivity index is 1.69. The Bertz CT molecular complexity index is 1110. The summed E-state index contributed by atoms with van der Waals surface area (Å²) in [7, 11) is 1.41. The molecule has 0 aliphatic carbocycles. The third-order valence-corrected chi connectivity index (χ3v) is 5.92. The number of ether oxygens (including phenoxy) is 1. The quantitative estimate of drug-likeness (QED) is 0.432. The van der Waals surface area contributed by atoms with Crippen molar-refractivity contribution in [1.29, 1.82) is 0 Å². The molecule has 2 heterocycles. The second-order valence-corrected chi connectivity index (χ2v) is 8.21. The number of nitrogens with one attached hydrogen (secondary N) is 2. The number of methoxy groups -OCH3 is 1. The molecule has 2 unspecified atom stereocenters. The number of nitrogens with two attached hydrogens (primary N) is 1. The van der Waals surface area contributed by atoms with Crippen LogP contribution in [-0.4, -0.2) is 40.7 Å². The summed E-state index contributed by atoms with van der Waals surface area (Å²) in [4.78, 5) is 14.9. The van der Waals surface area contributed by atoms with Crippen molar-refractivity contribution >= 4 is 23.5 Å². The standard InChI is InChI=1S/C24H29F2N7O/c1-3-19(20-5-4-12-28-20)29-23-30-22(27)31-24(32-23)33(14-15-6-8-16(25)9-7-15)17-10-11-21(34-2)18(26)13-17/h6-11,13,19-20,28H,3-5,12,14H2,1-2H3,(H3,27,29,30,31,32). The Hall–Kier alpha value is -3.53. The fourth-order valence-electron chi connectivity index (χ4n) is 4.15. The van der Waals surface area contributed by atoms with Crippen molar-refractivity contribution in [2.24, 2.45) is 0 Å². The Morgan fingerprint density at radius 3 is 2.62 bits per heavy atom. The first-order valence-electron chi connectivity index (χ1n) is 11.3. The minimum atomic E-state index is -0.525. The Kier molecular flexibility index (Phi) is 7.36. The van der Waals surface area contributed by atoms with Crippen LogP contribution in [0.5, 0.6) is 5.75 Å². The molecule has 2 aromatic carbocycles. The summed E-state index contributed by atoms with van der Waals surface area (Å²) < 4.78 is 33.1. The number of hydrogen-bond acceptors (Lipinski definition) is 8. The van der Waals surface area contributed by atoms with Gasteiger partial charge in [-0.2, -0.15) is 15.0 Å². The van der Waals surface area contributed by atoms with Gasteiger partial charge < -0.3 is 26.0 Å². The van der Waals surface area contributed by atoms with Crippen LogP contribution in [0.3, 0.4) is 0 Å². The van der Waals surface area contributed by atoms with Crippen molar-refractivity contribution in [2.75, 3.05) is 29.6 Å². The number of nitrogens with zero attached hydrogens (tertiary/aromatic N) is 4. The smallest absolute Gasteiger partial charge is 0.236 e. The van der Waals surface area contributed by atoms with Crippen LogP contribution in [0, 0.1) is 11.6 Å². The third-order valence-electron chi connectivity index (χ3n) is 5.92. The molecule has 180 valence electrons. The zero-order chi connectivity index (χ0) is 24.1. The van der Waals surface area contributed by atoms with Gasteiger partial charge in [-0.15, -0.1) is 0 Å². The maximum atomic E-state index is 14.6. The number of benzene rings is 2. The van der Waals surface area contributed by atoms with Crippen LogP contribution in [0.4, 0.5) is 32.3 Å². The largest absolute Gasteiger partial charge is 0.494 e. The van der Waals surface area contributed by atoms with Crippen LogP contribution in [0.1, 0.15) is 31.7 Å². The normalized spacial score (nSPS) is 16.3. The molecule has 0 radical (unpaired) electrons. The van der Waals surface area contributed by atoms with Crippen molar-refractivity contribution < 1.29 is 13.5 Å². The van der Waals surface area contributed by atoms with Gasteiger partial charge in [0.15, 0.2) is 11.6 Å². The number of hydrogen-bond donors (Lipinski definition) is 3. The van der Waals surface area contributed by atoms with E-state index in [-0.39, 0.29) is 36.1 Å². The van der Waals surface area contributed by atoms with Crippen molar-refractivity contribution in [3.8, 4) is 5.75 Å². The molecule has 3 aromatic rings. The molecule has 0 spiro atoms. The summed E-state index contributed by atoms with van der Waals surface area (Å²) in [5.74, 6) is -0.104. The summed E-state index contributed by atoms with van der Waals surface area (Å²) in [5.41, 5.74) is 7.32. The molecule has 1 fully saturated rings. The summed E-state index contributed by atoms with van der Waals surface area (Å²) in [6, 6.07) is 11.1. The van der Waals surface area contributed by atoms with Gasteiger partial charge in [0.2, 0.25) is 17.8 Å². The van der Waals surface area contributed by atoms with Gasteiger partial charge >= 0.3 is 0 Å². The first-order valence-corrected chi connectivity index (χ1v) is 11.3. The molecule has 8 nitrogen and oxygen atoms in total. The highest BCUT2D eigenvalue weighted by atomic mass is 19.1. The fraction of sp³-hybridized carbons (Fsp3) is 0.375. The fourth-order valence-corrected chi connectivity index (χ4v) is 4.15. The van der Waals surface area contributed by atoms with E-state index in [4.69, 9.17) is 10.5 Å². The van der Waals surface area contributed by atoms with Gasteiger partial charge in [-0.25, -0.2) is 8.78 Å². The van der Waals surface area contributed by atoms with Crippen LogP contribution < -0.4 is 26.0 Å². The minimum Gasteiger partial charge on any atom is -0.494 e. The molecule has 10 heteroatoms. The first-order chi connectivity index (χ1) is 16.5. The van der Waals surface area contributed by atoms with E-state index in [0.717, 1.165) is 31.4 Å². The highest BCUT2D eigenvalue weighted by molar-refractivity contribution is 5.60. The molecular weight excluding hydrogens is 440 g/mol. The van der Waals surface area contributed by atoms with E-state index in [1.807, 2.05) is 0 Å². The van der Waals surface area contributed by atoms with E-state index in [1.54, 1.807) is 23.1 Å². The molecule has 1 aliphatic rings. The second kappa shape index (κ2) is 10.6.